The molecule has 3 aromatic rings. The van der Waals surface area contributed by atoms with E-state index in [9.17, 15) is 13.2 Å². The summed E-state index contributed by atoms with van der Waals surface area (Å²) in [6.07, 6.45) is 0. The molecule has 0 aromatic heterocycles. The largest absolute Gasteiger partial charge is 0.308 e. The summed E-state index contributed by atoms with van der Waals surface area (Å²) in [6.45, 7) is 8.74. The molecular formula is C23H24N2O3S. The first-order chi connectivity index (χ1) is 13.6. The smallest absolute Gasteiger partial charge is 0.261 e. The van der Waals surface area contributed by atoms with E-state index in [4.69, 9.17) is 0 Å². The molecule has 0 aliphatic carbocycles. The molecule has 1 N–H and O–H groups in total. The quantitative estimate of drug-likeness (QED) is 0.666. The molecule has 3 aromatic carbocycles. The summed E-state index contributed by atoms with van der Waals surface area (Å²) in [7, 11) is -3.75. The molecule has 29 heavy (non-hydrogen) atoms. The Labute approximate surface area is 171 Å². The van der Waals surface area contributed by atoms with Crippen LogP contribution in [-0.4, -0.2) is 20.9 Å². The van der Waals surface area contributed by atoms with E-state index in [1.165, 1.54) is 0 Å². The molecule has 1 aliphatic rings. The van der Waals surface area contributed by atoms with Crippen molar-refractivity contribution in [3.05, 3.63) is 65.7 Å². The van der Waals surface area contributed by atoms with E-state index in [-0.39, 0.29) is 16.2 Å². The molecule has 6 heteroatoms. The lowest BCUT2D eigenvalue weighted by Crippen LogP contribution is -2.25. The fraction of sp³-hybridized carbons (Fsp3) is 0.261. The van der Waals surface area contributed by atoms with Gasteiger partial charge in [0.05, 0.1) is 16.3 Å². The van der Waals surface area contributed by atoms with Gasteiger partial charge in [-0.2, -0.15) is 0 Å². The first kappa shape index (κ1) is 19.5. The first-order valence-corrected chi connectivity index (χ1v) is 11.1. The summed E-state index contributed by atoms with van der Waals surface area (Å²) in [5.74, 6) is -0.0501. The molecule has 0 fully saturated rings. The highest BCUT2D eigenvalue weighted by atomic mass is 32.2. The number of hydrogen-bond donors (Lipinski definition) is 1. The lowest BCUT2D eigenvalue weighted by atomic mass is 9.87. The maximum absolute atomic E-state index is 13.0. The summed E-state index contributed by atoms with van der Waals surface area (Å²) >= 11 is 0. The topological polar surface area (TPSA) is 66.5 Å². The Morgan fingerprint density at radius 3 is 2.28 bits per heavy atom. The number of carbonyl (C=O) groups excluding carboxylic acids is 1. The Hall–Kier alpha value is -2.86. The number of anilines is 2. The third kappa shape index (κ3) is 3.17. The van der Waals surface area contributed by atoms with Crippen LogP contribution in [-0.2, 0) is 15.4 Å². The van der Waals surface area contributed by atoms with Crippen molar-refractivity contribution in [1.82, 2.24) is 0 Å². The number of sulfonamides is 1. The van der Waals surface area contributed by atoms with Gasteiger partial charge in [-0.25, -0.2) is 8.42 Å². The van der Waals surface area contributed by atoms with E-state index < -0.39 is 10.0 Å². The van der Waals surface area contributed by atoms with E-state index in [0.717, 1.165) is 22.0 Å². The number of nitrogens with one attached hydrogen (secondary N) is 1. The van der Waals surface area contributed by atoms with Crippen LogP contribution in [0.4, 0.5) is 11.4 Å². The van der Waals surface area contributed by atoms with Gasteiger partial charge in [0.1, 0.15) is 0 Å². The lowest BCUT2D eigenvalue weighted by Gasteiger charge is -2.19. The van der Waals surface area contributed by atoms with Crippen LogP contribution in [0.3, 0.4) is 0 Å². The number of hydrogen-bond acceptors (Lipinski definition) is 3. The highest BCUT2D eigenvalue weighted by Crippen LogP contribution is 2.41. The molecule has 0 saturated heterocycles. The second-order valence-electron chi connectivity index (χ2n) is 8.29. The SMILES string of the molecule is CCN1C(=O)c2cccc3c(NS(=O)(=O)c4ccc(C(C)(C)C)cc4)ccc1c23. The number of benzene rings is 3. The first-order valence-electron chi connectivity index (χ1n) is 9.64. The van der Waals surface area contributed by atoms with Crippen LogP contribution >= 0.6 is 0 Å². The van der Waals surface area contributed by atoms with Crippen molar-refractivity contribution in [1.29, 1.82) is 0 Å². The van der Waals surface area contributed by atoms with Gasteiger partial charge in [0.25, 0.3) is 15.9 Å². The third-order valence-electron chi connectivity index (χ3n) is 5.38. The molecule has 1 amide bonds. The molecule has 1 heterocycles. The molecule has 0 unspecified atom stereocenters. The average molecular weight is 409 g/mol. The van der Waals surface area contributed by atoms with Crippen LogP contribution < -0.4 is 9.62 Å². The van der Waals surface area contributed by atoms with Crippen LogP contribution in [0.25, 0.3) is 10.8 Å². The Morgan fingerprint density at radius 2 is 1.66 bits per heavy atom. The molecule has 1 aliphatic heterocycles. The fourth-order valence-electron chi connectivity index (χ4n) is 3.79. The van der Waals surface area contributed by atoms with E-state index in [2.05, 4.69) is 25.5 Å². The highest BCUT2D eigenvalue weighted by molar-refractivity contribution is 7.92. The van der Waals surface area contributed by atoms with Gasteiger partial charge in [0.2, 0.25) is 0 Å². The van der Waals surface area contributed by atoms with E-state index in [1.807, 2.05) is 25.1 Å². The van der Waals surface area contributed by atoms with Crippen molar-refractivity contribution >= 4 is 38.1 Å². The normalized spacial score (nSPS) is 13.9. The summed E-state index contributed by atoms with van der Waals surface area (Å²) in [6, 6.07) is 15.9. The van der Waals surface area contributed by atoms with E-state index >= 15 is 0 Å². The van der Waals surface area contributed by atoms with Crippen molar-refractivity contribution in [3.63, 3.8) is 0 Å². The molecule has 0 atom stereocenters. The molecule has 0 bridgehead atoms. The Kier molecular flexibility index (Phi) is 4.42. The van der Waals surface area contributed by atoms with Gasteiger partial charge < -0.3 is 4.90 Å². The van der Waals surface area contributed by atoms with Crippen molar-refractivity contribution in [2.75, 3.05) is 16.2 Å². The molecule has 4 rings (SSSR count). The van der Waals surface area contributed by atoms with Crippen molar-refractivity contribution < 1.29 is 13.2 Å². The Balaban J connectivity index is 1.76. The van der Waals surface area contributed by atoms with Gasteiger partial charge in [0.15, 0.2) is 0 Å². The summed E-state index contributed by atoms with van der Waals surface area (Å²) in [4.78, 5) is 14.5. The number of amides is 1. The van der Waals surface area contributed by atoms with Gasteiger partial charge in [-0.15, -0.1) is 0 Å². The van der Waals surface area contributed by atoms with Crippen LogP contribution in [0.15, 0.2) is 59.5 Å². The summed E-state index contributed by atoms with van der Waals surface area (Å²) in [5, 5.41) is 1.52. The van der Waals surface area contributed by atoms with Crippen LogP contribution in [0.1, 0.15) is 43.6 Å². The zero-order valence-corrected chi connectivity index (χ0v) is 17.8. The maximum Gasteiger partial charge on any atom is 0.261 e. The van der Waals surface area contributed by atoms with Crippen LogP contribution in [0.2, 0.25) is 0 Å². The maximum atomic E-state index is 13.0. The second-order valence-corrected chi connectivity index (χ2v) is 9.97. The van der Waals surface area contributed by atoms with Crippen LogP contribution in [0.5, 0.6) is 0 Å². The molecule has 0 spiro atoms. The predicted molar refractivity (Wildman–Crippen MR) is 117 cm³/mol. The fourth-order valence-corrected chi connectivity index (χ4v) is 4.87. The minimum atomic E-state index is -3.75. The summed E-state index contributed by atoms with van der Waals surface area (Å²) < 4.78 is 28.7. The van der Waals surface area contributed by atoms with Gasteiger partial charge >= 0.3 is 0 Å². The zero-order chi connectivity index (χ0) is 21.0. The molecular weight excluding hydrogens is 384 g/mol. The molecule has 0 radical (unpaired) electrons. The standard InChI is InChI=1S/C23H24N2O3S/c1-5-25-20-14-13-19(17-7-6-8-18(21(17)20)22(25)26)24-29(27,28)16-11-9-15(10-12-16)23(2,3)4/h6-14,24H,5H2,1-4H3. The van der Waals surface area contributed by atoms with Crippen LogP contribution in [0, 0.1) is 0 Å². The summed E-state index contributed by atoms with van der Waals surface area (Å²) in [5.41, 5.74) is 2.91. The van der Waals surface area contributed by atoms with E-state index in [0.29, 0.717) is 17.8 Å². The highest BCUT2D eigenvalue weighted by Gasteiger charge is 2.30. The second kappa shape index (κ2) is 6.59. The monoisotopic (exact) mass is 408 g/mol. The van der Waals surface area contributed by atoms with Gasteiger partial charge in [-0.1, -0.05) is 45.0 Å². The average Bonchev–Trinajstić information content (AvgIpc) is 2.96. The number of nitrogens with zero attached hydrogens (tertiary/aromatic N) is 1. The predicted octanol–water partition coefficient (Wildman–Crippen LogP) is 4.92. The van der Waals surface area contributed by atoms with Crippen molar-refractivity contribution in [2.45, 2.75) is 38.0 Å². The van der Waals surface area contributed by atoms with E-state index in [1.54, 1.807) is 41.3 Å². The number of rotatable bonds is 4. The molecule has 150 valence electrons. The molecule has 0 saturated carbocycles. The Morgan fingerprint density at radius 1 is 0.966 bits per heavy atom. The third-order valence-corrected chi connectivity index (χ3v) is 6.76. The Bertz CT molecular complexity index is 1220. The lowest BCUT2D eigenvalue weighted by molar-refractivity contribution is 0.0994. The molecule has 5 nitrogen and oxygen atoms in total. The van der Waals surface area contributed by atoms with Gasteiger partial charge in [-0.05, 0) is 48.2 Å². The zero-order valence-electron chi connectivity index (χ0n) is 17.0. The van der Waals surface area contributed by atoms with Gasteiger partial charge in [-0.3, -0.25) is 9.52 Å². The number of carbonyl (C=O) groups is 1. The minimum absolute atomic E-state index is 0.0501. The minimum Gasteiger partial charge on any atom is -0.308 e. The van der Waals surface area contributed by atoms with Crippen molar-refractivity contribution in [2.24, 2.45) is 0 Å². The van der Waals surface area contributed by atoms with Crippen molar-refractivity contribution in [3.8, 4) is 0 Å². The van der Waals surface area contributed by atoms with Gasteiger partial charge in [0, 0.05) is 22.9 Å².